The first kappa shape index (κ1) is 22.0. The van der Waals surface area contributed by atoms with Crippen molar-refractivity contribution in [3.05, 3.63) is 89.0 Å². The number of carbonyl (C=O) groups is 2. The number of aliphatic hydroxyl groups excluding tert-OH is 1. The second-order valence-electron chi connectivity index (χ2n) is 7.71. The highest BCUT2D eigenvalue weighted by Crippen LogP contribution is 2.45. The predicted molar refractivity (Wildman–Crippen MR) is 123 cm³/mol. The summed E-state index contributed by atoms with van der Waals surface area (Å²) in [7, 11) is 0. The molecule has 7 heteroatoms. The van der Waals surface area contributed by atoms with Crippen molar-refractivity contribution in [1.29, 1.82) is 0 Å². The maximum absolute atomic E-state index is 13.2. The van der Waals surface area contributed by atoms with Gasteiger partial charge in [0.25, 0.3) is 11.7 Å². The van der Waals surface area contributed by atoms with Gasteiger partial charge in [-0.1, -0.05) is 30.3 Å². The summed E-state index contributed by atoms with van der Waals surface area (Å²) in [6.07, 6.45) is 0. The van der Waals surface area contributed by atoms with Crippen molar-refractivity contribution in [3.8, 4) is 17.2 Å². The van der Waals surface area contributed by atoms with Crippen LogP contribution in [0.5, 0.6) is 17.2 Å². The van der Waals surface area contributed by atoms with E-state index in [9.17, 15) is 24.9 Å². The molecule has 0 bridgehead atoms. The van der Waals surface area contributed by atoms with Crippen LogP contribution < -0.4 is 9.64 Å². The van der Waals surface area contributed by atoms with E-state index >= 15 is 0 Å². The molecule has 3 N–H and O–H groups in total. The first-order valence-electron chi connectivity index (χ1n) is 10.4. The fourth-order valence-corrected chi connectivity index (χ4v) is 3.93. The van der Waals surface area contributed by atoms with Crippen LogP contribution in [0, 0.1) is 6.92 Å². The molecule has 4 rings (SSSR count). The average molecular weight is 445 g/mol. The van der Waals surface area contributed by atoms with E-state index in [0.29, 0.717) is 23.5 Å². The number of benzene rings is 3. The van der Waals surface area contributed by atoms with Gasteiger partial charge in [-0.3, -0.25) is 14.5 Å². The molecule has 1 saturated heterocycles. The van der Waals surface area contributed by atoms with Crippen LogP contribution in [0.4, 0.5) is 5.69 Å². The highest BCUT2D eigenvalue weighted by molar-refractivity contribution is 6.51. The lowest BCUT2D eigenvalue weighted by Crippen LogP contribution is -2.29. The molecule has 0 aliphatic carbocycles. The molecular weight excluding hydrogens is 422 g/mol. The van der Waals surface area contributed by atoms with Gasteiger partial charge in [-0.05, 0) is 61.4 Å². The van der Waals surface area contributed by atoms with Crippen molar-refractivity contribution < 1.29 is 29.6 Å². The van der Waals surface area contributed by atoms with Crippen LogP contribution in [0.1, 0.15) is 29.7 Å². The number of carbonyl (C=O) groups excluding carboxylic acids is 2. The molecule has 0 spiro atoms. The molecule has 33 heavy (non-hydrogen) atoms. The van der Waals surface area contributed by atoms with E-state index < -0.39 is 17.7 Å². The SMILES string of the molecule is CCOc1cccc(/C(O)=C2\C(=O)C(=O)N(c3cc(C)ccc3O)C2c2ccc(O)cc2)c1. The summed E-state index contributed by atoms with van der Waals surface area (Å²) in [6.45, 7) is 4.06. The zero-order chi connectivity index (χ0) is 23.7. The minimum Gasteiger partial charge on any atom is -0.508 e. The Balaban J connectivity index is 1.95. The second-order valence-corrected chi connectivity index (χ2v) is 7.71. The smallest absolute Gasteiger partial charge is 0.300 e. The Morgan fingerprint density at radius 2 is 1.73 bits per heavy atom. The van der Waals surface area contributed by atoms with Gasteiger partial charge in [0.1, 0.15) is 23.0 Å². The molecule has 0 radical (unpaired) electrons. The Bertz CT molecular complexity index is 1260. The standard InChI is InChI=1S/C26H23NO6/c1-3-33-19-6-4-5-17(14-19)24(30)22-23(16-8-10-18(28)11-9-16)27(26(32)25(22)31)20-13-15(2)7-12-21(20)29/h4-14,23,28-30H,3H2,1-2H3/b24-22+. The lowest BCUT2D eigenvalue weighted by molar-refractivity contribution is -0.132. The minimum atomic E-state index is -1.02. The van der Waals surface area contributed by atoms with Gasteiger partial charge in [-0.2, -0.15) is 0 Å². The monoisotopic (exact) mass is 445 g/mol. The Morgan fingerprint density at radius 3 is 2.42 bits per heavy atom. The Labute approximate surface area is 190 Å². The summed E-state index contributed by atoms with van der Waals surface area (Å²) < 4.78 is 5.49. The van der Waals surface area contributed by atoms with Gasteiger partial charge in [0, 0.05) is 5.56 Å². The van der Waals surface area contributed by atoms with Crippen molar-refractivity contribution in [3.63, 3.8) is 0 Å². The first-order valence-corrected chi connectivity index (χ1v) is 10.4. The van der Waals surface area contributed by atoms with E-state index in [-0.39, 0.29) is 28.5 Å². The third-order valence-electron chi connectivity index (χ3n) is 5.46. The normalized spacial score (nSPS) is 17.4. The molecule has 0 aromatic heterocycles. The van der Waals surface area contributed by atoms with E-state index in [0.717, 1.165) is 5.56 Å². The molecule has 1 unspecified atom stereocenters. The number of phenolic OH excluding ortho intramolecular Hbond substituents is 2. The van der Waals surface area contributed by atoms with E-state index in [1.807, 2.05) is 6.92 Å². The van der Waals surface area contributed by atoms with Crippen LogP contribution in [0.3, 0.4) is 0 Å². The number of amides is 1. The van der Waals surface area contributed by atoms with Gasteiger partial charge in [0.05, 0.1) is 23.9 Å². The highest BCUT2D eigenvalue weighted by atomic mass is 16.5. The first-order chi connectivity index (χ1) is 15.8. The number of Topliss-reactive ketones (excluding diaryl/α,β-unsaturated/α-hetero) is 1. The average Bonchev–Trinajstić information content (AvgIpc) is 3.06. The van der Waals surface area contributed by atoms with Crippen LogP contribution in [-0.2, 0) is 9.59 Å². The summed E-state index contributed by atoms with van der Waals surface area (Å²) in [5.74, 6) is -1.77. The zero-order valence-electron chi connectivity index (χ0n) is 18.1. The van der Waals surface area contributed by atoms with Crippen LogP contribution in [0.15, 0.2) is 72.3 Å². The molecule has 1 aliphatic rings. The largest absolute Gasteiger partial charge is 0.508 e. The summed E-state index contributed by atoms with van der Waals surface area (Å²) in [6, 6.07) is 16.3. The summed E-state index contributed by atoms with van der Waals surface area (Å²) in [5, 5.41) is 31.4. The van der Waals surface area contributed by atoms with Crippen molar-refractivity contribution in [1.82, 2.24) is 0 Å². The van der Waals surface area contributed by atoms with Crippen molar-refractivity contribution in [2.75, 3.05) is 11.5 Å². The van der Waals surface area contributed by atoms with Crippen LogP contribution in [-0.4, -0.2) is 33.6 Å². The molecule has 168 valence electrons. The van der Waals surface area contributed by atoms with Crippen molar-refractivity contribution in [2.24, 2.45) is 0 Å². The van der Waals surface area contributed by atoms with E-state index in [2.05, 4.69) is 0 Å². The molecule has 0 saturated carbocycles. The topological polar surface area (TPSA) is 107 Å². The number of aliphatic hydroxyl groups is 1. The molecule has 1 amide bonds. The quantitative estimate of drug-likeness (QED) is 0.305. The maximum atomic E-state index is 13.2. The fraction of sp³-hybridized carbons (Fsp3) is 0.154. The minimum absolute atomic E-state index is 0.0125. The van der Waals surface area contributed by atoms with Crippen LogP contribution in [0.2, 0.25) is 0 Å². The van der Waals surface area contributed by atoms with Gasteiger partial charge >= 0.3 is 0 Å². The number of phenols is 2. The van der Waals surface area contributed by atoms with Gasteiger partial charge < -0.3 is 20.1 Å². The van der Waals surface area contributed by atoms with Gasteiger partial charge in [0.2, 0.25) is 0 Å². The Morgan fingerprint density at radius 1 is 1.00 bits per heavy atom. The number of hydrogen-bond acceptors (Lipinski definition) is 6. The van der Waals surface area contributed by atoms with Crippen LogP contribution in [0.25, 0.3) is 5.76 Å². The fourth-order valence-electron chi connectivity index (χ4n) is 3.93. The Kier molecular flexibility index (Phi) is 5.79. The van der Waals surface area contributed by atoms with E-state index in [4.69, 9.17) is 4.74 Å². The lowest BCUT2D eigenvalue weighted by atomic mass is 9.95. The number of aryl methyl sites for hydroxylation is 1. The second kappa shape index (κ2) is 8.70. The Hall–Kier alpha value is -4.26. The number of nitrogens with zero attached hydrogens (tertiary/aromatic N) is 1. The van der Waals surface area contributed by atoms with Crippen molar-refractivity contribution in [2.45, 2.75) is 19.9 Å². The van der Waals surface area contributed by atoms with Crippen LogP contribution >= 0.6 is 0 Å². The number of hydrogen-bond donors (Lipinski definition) is 3. The third-order valence-corrected chi connectivity index (χ3v) is 5.46. The third kappa shape index (κ3) is 4.01. The molecule has 3 aromatic carbocycles. The number of anilines is 1. The van der Waals surface area contributed by atoms with Crippen molar-refractivity contribution >= 4 is 23.1 Å². The van der Waals surface area contributed by atoms with Gasteiger partial charge in [-0.25, -0.2) is 0 Å². The maximum Gasteiger partial charge on any atom is 0.300 e. The predicted octanol–water partition coefficient (Wildman–Crippen LogP) is 4.43. The van der Waals surface area contributed by atoms with E-state index in [1.165, 1.54) is 23.1 Å². The lowest BCUT2D eigenvalue weighted by Gasteiger charge is -2.26. The molecule has 1 heterocycles. The number of aromatic hydroxyl groups is 2. The molecular formula is C26H23NO6. The molecule has 1 aliphatic heterocycles. The summed E-state index contributed by atoms with van der Waals surface area (Å²) in [5.41, 5.74) is 1.60. The number of ketones is 1. The molecule has 1 fully saturated rings. The summed E-state index contributed by atoms with van der Waals surface area (Å²) >= 11 is 0. The number of rotatable bonds is 5. The molecule has 7 nitrogen and oxygen atoms in total. The van der Waals surface area contributed by atoms with Gasteiger partial charge in [-0.15, -0.1) is 0 Å². The van der Waals surface area contributed by atoms with E-state index in [1.54, 1.807) is 55.5 Å². The summed E-state index contributed by atoms with van der Waals surface area (Å²) in [4.78, 5) is 27.5. The van der Waals surface area contributed by atoms with Gasteiger partial charge in [0.15, 0.2) is 0 Å². The number of ether oxygens (including phenoxy) is 1. The highest BCUT2D eigenvalue weighted by Gasteiger charge is 2.47. The molecule has 3 aromatic rings. The molecule has 1 atom stereocenters. The zero-order valence-corrected chi connectivity index (χ0v) is 18.1.